The summed E-state index contributed by atoms with van der Waals surface area (Å²) >= 11 is 7.00. The van der Waals surface area contributed by atoms with Gasteiger partial charge in [-0.3, -0.25) is 0 Å². The Balaban J connectivity index is 2.98. The van der Waals surface area contributed by atoms with E-state index in [1.54, 1.807) is 0 Å². The first-order valence-electron chi connectivity index (χ1n) is 4.87. The van der Waals surface area contributed by atoms with Crippen LogP contribution in [0.4, 0.5) is 0 Å². The molecule has 2 nitrogen and oxygen atoms in total. The van der Waals surface area contributed by atoms with Crippen molar-refractivity contribution in [2.75, 3.05) is 13.2 Å². The summed E-state index contributed by atoms with van der Waals surface area (Å²) in [5.41, 5.74) is 1.00. The van der Waals surface area contributed by atoms with E-state index in [4.69, 9.17) is 9.47 Å². The summed E-state index contributed by atoms with van der Waals surface area (Å²) in [5, 5.41) is 0. The van der Waals surface area contributed by atoms with Gasteiger partial charge in [0.05, 0.1) is 0 Å². The first-order chi connectivity index (χ1) is 7.20. The highest BCUT2D eigenvalue weighted by atomic mass is 79.9. The smallest absolute Gasteiger partial charge is 0.185 e. The Kier molecular flexibility index (Phi) is 5.82. The van der Waals surface area contributed by atoms with Crippen LogP contribution in [0.3, 0.4) is 0 Å². The van der Waals surface area contributed by atoms with Crippen LogP contribution < -0.4 is 0 Å². The van der Waals surface area contributed by atoms with Crippen LogP contribution >= 0.6 is 31.9 Å². The van der Waals surface area contributed by atoms with E-state index in [0.717, 1.165) is 14.5 Å². The van der Waals surface area contributed by atoms with E-state index in [9.17, 15) is 0 Å². The van der Waals surface area contributed by atoms with Gasteiger partial charge in [-0.05, 0) is 26.0 Å². The molecule has 0 heterocycles. The highest BCUT2D eigenvalue weighted by molar-refractivity contribution is 9.11. The van der Waals surface area contributed by atoms with Crippen LogP contribution in [-0.4, -0.2) is 13.2 Å². The fourth-order valence-electron chi connectivity index (χ4n) is 1.25. The Morgan fingerprint density at radius 2 is 1.53 bits per heavy atom. The predicted octanol–water partition coefficient (Wildman–Crippen LogP) is 4.28. The largest absolute Gasteiger partial charge is 0.349 e. The molecule has 0 bridgehead atoms. The summed E-state index contributed by atoms with van der Waals surface area (Å²) in [6.45, 7) is 5.16. The van der Waals surface area contributed by atoms with Crippen molar-refractivity contribution < 1.29 is 9.47 Å². The SMILES string of the molecule is CCOC(OCC)c1c(Br)cccc1Br. The van der Waals surface area contributed by atoms with E-state index in [1.165, 1.54) is 0 Å². The minimum atomic E-state index is -0.315. The van der Waals surface area contributed by atoms with Gasteiger partial charge in [0.1, 0.15) is 0 Å². The second-order valence-electron chi connectivity index (χ2n) is 2.88. The van der Waals surface area contributed by atoms with Crippen molar-refractivity contribution in [1.29, 1.82) is 0 Å². The minimum absolute atomic E-state index is 0.315. The maximum absolute atomic E-state index is 5.55. The summed E-state index contributed by atoms with van der Waals surface area (Å²) < 4.78 is 13.1. The van der Waals surface area contributed by atoms with Gasteiger partial charge < -0.3 is 9.47 Å². The number of ether oxygens (including phenoxy) is 2. The lowest BCUT2D eigenvalue weighted by molar-refractivity contribution is -0.141. The van der Waals surface area contributed by atoms with Crippen molar-refractivity contribution in [1.82, 2.24) is 0 Å². The molecule has 0 unspecified atom stereocenters. The molecule has 0 aliphatic carbocycles. The van der Waals surface area contributed by atoms with Gasteiger partial charge in [0.15, 0.2) is 6.29 Å². The second-order valence-corrected chi connectivity index (χ2v) is 4.59. The first kappa shape index (κ1) is 13.2. The van der Waals surface area contributed by atoms with Crippen molar-refractivity contribution in [3.63, 3.8) is 0 Å². The third-order valence-corrected chi connectivity index (χ3v) is 3.25. The van der Waals surface area contributed by atoms with Crippen molar-refractivity contribution >= 4 is 31.9 Å². The molecule has 1 rings (SSSR count). The zero-order valence-corrected chi connectivity index (χ0v) is 12.0. The van der Waals surface area contributed by atoms with E-state index < -0.39 is 0 Å². The summed E-state index contributed by atoms with van der Waals surface area (Å²) in [6, 6.07) is 5.92. The molecule has 0 aliphatic rings. The van der Waals surface area contributed by atoms with Gasteiger partial charge in [-0.1, -0.05) is 37.9 Å². The van der Waals surface area contributed by atoms with Crippen LogP contribution in [0.5, 0.6) is 0 Å². The fourth-order valence-corrected chi connectivity index (χ4v) is 2.63. The Morgan fingerprint density at radius 1 is 1.07 bits per heavy atom. The quantitative estimate of drug-likeness (QED) is 0.746. The van der Waals surface area contributed by atoms with Crippen LogP contribution in [-0.2, 0) is 9.47 Å². The molecule has 0 aromatic heterocycles. The van der Waals surface area contributed by atoms with E-state index in [2.05, 4.69) is 31.9 Å². The van der Waals surface area contributed by atoms with Gasteiger partial charge in [0.2, 0.25) is 0 Å². The molecule has 4 heteroatoms. The predicted molar refractivity (Wildman–Crippen MR) is 67.8 cm³/mol. The van der Waals surface area contributed by atoms with Crippen LogP contribution in [0, 0.1) is 0 Å². The Labute approximate surface area is 107 Å². The lowest BCUT2D eigenvalue weighted by atomic mass is 10.2. The van der Waals surface area contributed by atoms with Gasteiger partial charge in [-0.2, -0.15) is 0 Å². The molecule has 1 aromatic rings. The summed E-state index contributed by atoms with van der Waals surface area (Å²) in [6.07, 6.45) is -0.315. The highest BCUT2D eigenvalue weighted by Gasteiger charge is 2.17. The zero-order chi connectivity index (χ0) is 11.3. The molecule has 0 spiro atoms. The van der Waals surface area contributed by atoms with Crippen LogP contribution in [0.15, 0.2) is 27.1 Å². The van der Waals surface area contributed by atoms with Crippen LogP contribution in [0.25, 0.3) is 0 Å². The number of hydrogen-bond acceptors (Lipinski definition) is 2. The molecule has 0 radical (unpaired) electrons. The van der Waals surface area contributed by atoms with Crippen molar-refractivity contribution in [2.24, 2.45) is 0 Å². The monoisotopic (exact) mass is 336 g/mol. The lowest BCUT2D eigenvalue weighted by Gasteiger charge is -2.19. The molecule has 0 saturated heterocycles. The number of hydrogen-bond donors (Lipinski definition) is 0. The van der Waals surface area contributed by atoms with Gasteiger partial charge in [-0.25, -0.2) is 0 Å². The molecule has 0 amide bonds. The molecule has 84 valence electrons. The van der Waals surface area contributed by atoms with Crippen molar-refractivity contribution in [3.05, 3.63) is 32.7 Å². The van der Waals surface area contributed by atoms with E-state index in [0.29, 0.717) is 13.2 Å². The maximum Gasteiger partial charge on any atom is 0.185 e. The Hall–Kier alpha value is 0.1000. The molecular formula is C11H14Br2O2. The van der Waals surface area contributed by atoms with Gasteiger partial charge in [0.25, 0.3) is 0 Å². The lowest BCUT2D eigenvalue weighted by Crippen LogP contribution is -2.10. The average molecular weight is 338 g/mol. The third kappa shape index (κ3) is 3.55. The highest BCUT2D eigenvalue weighted by Crippen LogP contribution is 2.33. The topological polar surface area (TPSA) is 18.5 Å². The van der Waals surface area contributed by atoms with E-state index in [1.807, 2.05) is 32.0 Å². The van der Waals surface area contributed by atoms with Crippen LogP contribution in [0.1, 0.15) is 25.7 Å². The van der Waals surface area contributed by atoms with E-state index >= 15 is 0 Å². The Bertz CT molecular complexity index is 289. The molecule has 0 aliphatic heterocycles. The molecule has 0 N–H and O–H groups in total. The summed E-state index contributed by atoms with van der Waals surface area (Å²) in [5.74, 6) is 0. The van der Waals surface area contributed by atoms with Gasteiger partial charge in [0, 0.05) is 27.7 Å². The van der Waals surface area contributed by atoms with Gasteiger partial charge >= 0.3 is 0 Å². The summed E-state index contributed by atoms with van der Waals surface area (Å²) in [7, 11) is 0. The molecule has 0 fully saturated rings. The number of rotatable bonds is 5. The minimum Gasteiger partial charge on any atom is -0.349 e. The zero-order valence-electron chi connectivity index (χ0n) is 8.80. The molecule has 15 heavy (non-hydrogen) atoms. The fraction of sp³-hybridized carbons (Fsp3) is 0.455. The molecule has 1 aromatic carbocycles. The van der Waals surface area contributed by atoms with Crippen molar-refractivity contribution in [2.45, 2.75) is 20.1 Å². The van der Waals surface area contributed by atoms with E-state index in [-0.39, 0.29) is 6.29 Å². The van der Waals surface area contributed by atoms with Crippen LogP contribution in [0.2, 0.25) is 0 Å². The first-order valence-corrected chi connectivity index (χ1v) is 6.46. The maximum atomic E-state index is 5.55. The average Bonchev–Trinajstić information content (AvgIpc) is 2.18. The second kappa shape index (κ2) is 6.63. The molecular weight excluding hydrogens is 324 g/mol. The standard InChI is InChI=1S/C11H14Br2O2/c1-3-14-11(15-4-2)10-8(12)6-5-7-9(10)13/h5-7,11H,3-4H2,1-2H3. The third-order valence-electron chi connectivity index (χ3n) is 1.87. The molecule has 0 saturated carbocycles. The van der Waals surface area contributed by atoms with Gasteiger partial charge in [-0.15, -0.1) is 0 Å². The number of benzene rings is 1. The summed E-state index contributed by atoms with van der Waals surface area (Å²) in [4.78, 5) is 0. The number of halogens is 2. The van der Waals surface area contributed by atoms with Crippen molar-refractivity contribution in [3.8, 4) is 0 Å². The Morgan fingerprint density at radius 3 is 1.93 bits per heavy atom. The molecule has 0 atom stereocenters. The normalized spacial score (nSPS) is 11.0.